The van der Waals surface area contributed by atoms with Crippen LogP contribution in [-0.2, 0) is 0 Å². The number of aromatic nitrogens is 1. The summed E-state index contributed by atoms with van der Waals surface area (Å²) in [5.41, 5.74) is 0. The molecule has 12 heavy (non-hydrogen) atoms. The molecule has 3 nitrogen and oxygen atoms in total. The Morgan fingerprint density at radius 2 is 2.58 bits per heavy atom. The zero-order valence-electron chi connectivity index (χ0n) is 6.18. The molecule has 2 heterocycles. The quantitative estimate of drug-likeness (QED) is 0.662. The zero-order valence-corrected chi connectivity index (χ0v) is 6.99. The molecule has 0 aliphatic rings. The molecule has 0 aliphatic heterocycles. The average molecular weight is 178 g/mol. The molecule has 2 aromatic heterocycles. The van der Waals surface area contributed by atoms with Crippen LogP contribution < -0.4 is 0 Å². The Labute approximate surface area is 73.4 Å². The molecular weight excluding hydrogens is 172 g/mol. The number of nitrogens with zero attached hydrogens (tertiary/aromatic N) is 2. The molecule has 0 N–H and O–H groups in total. The third kappa shape index (κ3) is 1.60. The standard InChI is InChI=1S/C8H6N2OS/c1-2-7(11-4-1)6-10-8-9-3-5-12-8/h1-6H/b10-6+. The molecule has 60 valence electrons. The fraction of sp³-hybridized carbons (Fsp3) is 0. The van der Waals surface area contributed by atoms with Gasteiger partial charge in [0.25, 0.3) is 0 Å². The SMILES string of the molecule is C(=N\c1nccs1)/c1ccco1. The number of rotatable bonds is 2. The van der Waals surface area contributed by atoms with E-state index in [0.29, 0.717) is 0 Å². The number of hydrogen-bond donors (Lipinski definition) is 0. The van der Waals surface area contributed by atoms with Crippen molar-refractivity contribution in [3.63, 3.8) is 0 Å². The van der Waals surface area contributed by atoms with E-state index in [4.69, 9.17) is 4.42 Å². The van der Waals surface area contributed by atoms with E-state index in [2.05, 4.69) is 9.98 Å². The summed E-state index contributed by atoms with van der Waals surface area (Å²) in [5.74, 6) is 0.741. The minimum Gasteiger partial charge on any atom is -0.463 e. The second-order valence-electron chi connectivity index (χ2n) is 2.09. The summed E-state index contributed by atoms with van der Waals surface area (Å²) in [6.45, 7) is 0. The summed E-state index contributed by atoms with van der Waals surface area (Å²) in [6.07, 6.45) is 4.99. The fourth-order valence-corrected chi connectivity index (χ4v) is 1.24. The van der Waals surface area contributed by atoms with Crippen LogP contribution in [0.2, 0.25) is 0 Å². The second kappa shape index (κ2) is 3.32. The van der Waals surface area contributed by atoms with Crippen molar-refractivity contribution in [2.75, 3.05) is 0 Å². The van der Waals surface area contributed by atoms with E-state index in [0.717, 1.165) is 10.9 Å². The molecule has 0 radical (unpaired) electrons. The Morgan fingerprint density at radius 3 is 3.25 bits per heavy atom. The minimum absolute atomic E-state index is 0.741. The second-order valence-corrected chi connectivity index (χ2v) is 2.96. The highest BCUT2D eigenvalue weighted by molar-refractivity contribution is 7.13. The van der Waals surface area contributed by atoms with Crippen LogP contribution in [0.5, 0.6) is 0 Å². The molecule has 2 aromatic rings. The van der Waals surface area contributed by atoms with Gasteiger partial charge in [-0.25, -0.2) is 9.98 Å². The van der Waals surface area contributed by atoms with Crippen LogP contribution >= 0.6 is 11.3 Å². The van der Waals surface area contributed by atoms with Crippen LogP contribution in [0.25, 0.3) is 0 Å². The van der Waals surface area contributed by atoms with Gasteiger partial charge in [0, 0.05) is 11.6 Å². The number of aliphatic imine (C=N–C) groups is 1. The van der Waals surface area contributed by atoms with Gasteiger partial charge in [0.15, 0.2) is 0 Å². The third-order valence-corrected chi connectivity index (χ3v) is 1.94. The summed E-state index contributed by atoms with van der Waals surface area (Å²) in [7, 11) is 0. The fourth-order valence-electron chi connectivity index (χ4n) is 0.763. The van der Waals surface area contributed by atoms with Crippen molar-refractivity contribution in [2.45, 2.75) is 0 Å². The first-order valence-corrected chi connectivity index (χ1v) is 4.30. The lowest BCUT2D eigenvalue weighted by molar-refractivity contribution is 0.560. The lowest BCUT2D eigenvalue weighted by atomic mass is 10.5. The van der Waals surface area contributed by atoms with Crippen molar-refractivity contribution < 1.29 is 4.42 Å². The zero-order chi connectivity index (χ0) is 8.23. The number of thiazole rings is 1. The van der Waals surface area contributed by atoms with Gasteiger partial charge in [-0.1, -0.05) is 0 Å². The molecule has 0 saturated carbocycles. The van der Waals surface area contributed by atoms with Gasteiger partial charge in [-0.05, 0) is 12.1 Å². The van der Waals surface area contributed by atoms with Crippen LogP contribution in [0.3, 0.4) is 0 Å². The lowest BCUT2D eigenvalue weighted by Gasteiger charge is -1.81. The predicted octanol–water partition coefficient (Wildman–Crippen LogP) is 2.49. The summed E-state index contributed by atoms with van der Waals surface area (Å²) in [4.78, 5) is 8.09. The number of furan rings is 1. The van der Waals surface area contributed by atoms with Gasteiger partial charge in [0.1, 0.15) is 5.76 Å². The molecule has 4 heteroatoms. The average Bonchev–Trinajstić information content (AvgIpc) is 2.74. The van der Waals surface area contributed by atoms with Crippen molar-refractivity contribution >= 4 is 22.7 Å². The minimum atomic E-state index is 0.741. The van der Waals surface area contributed by atoms with Crippen molar-refractivity contribution in [3.8, 4) is 0 Å². The van der Waals surface area contributed by atoms with Crippen molar-refractivity contribution in [1.82, 2.24) is 4.98 Å². The van der Waals surface area contributed by atoms with E-state index in [-0.39, 0.29) is 0 Å². The first-order chi connectivity index (χ1) is 5.95. The molecule has 0 saturated heterocycles. The monoisotopic (exact) mass is 178 g/mol. The van der Waals surface area contributed by atoms with E-state index < -0.39 is 0 Å². The van der Waals surface area contributed by atoms with Crippen LogP contribution in [0, 0.1) is 0 Å². The molecule has 0 atom stereocenters. The Balaban J connectivity index is 2.14. The van der Waals surface area contributed by atoms with Crippen LogP contribution in [0.4, 0.5) is 5.13 Å². The van der Waals surface area contributed by atoms with E-state index in [9.17, 15) is 0 Å². The maximum Gasteiger partial charge on any atom is 0.209 e. The molecule has 0 bridgehead atoms. The summed E-state index contributed by atoms with van der Waals surface area (Å²) >= 11 is 1.49. The molecule has 0 fully saturated rings. The molecule has 2 rings (SSSR count). The van der Waals surface area contributed by atoms with Crippen LogP contribution in [-0.4, -0.2) is 11.2 Å². The highest BCUT2D eigenvalue weighted by Crippen LogP contribution is 2.14. The van der Waals surface area contributed by atoms with Crippen molar-refractivity contribution in [3.05, 3.63) is 35.7 Å². The first-order valence-electron chi connectivity index (χ1n) is 3.42. The molecule has 0 aliphatic carbocycles. The van der Waals surface area contributed by atoms with Gasteiger partial charge in [-0.15, -0.1) is 11.3 Å². The molecule has 0 unspecified atom stereocenters. The summed E-state index contributed by atoms with van der Waals surface area (Å²) in [5, 5.41) is 2.63. The first kappa shape index (κ1) is 7.24. The van der Waals surface area contributed by atoms with Crippen molar-refractivity contribution in [1.29, 1.82) is 0 Å². The Morgan fingerprint density at radius 1 is 1.58 bits per heavy atom. The van der Waals surface area contributed by atoms with Gasteiger partial charge in [0.05, 0.1) is 12.5 Å². The summed E-state index contributed by atoms with van der Waals surface area (Å²) in [6, 6.07) is 3.67. The molecule has 0 amide bonds. The normalized spacial score (nSPS) is 11.0. The Kier molecular flexibility index (Phi) is 2.00. The predicted molar refractivity (Wildman–Crippen MR) is 48.1 cm³/mol. The largest absolute Gasteiger partial charge is 0.463 e. The van der Waals surface area contributed by atoms with E-state index in [1.165, 1.54) is 11.3 Å². The maximum atomic E-state index is 5.06. The maximum absolute atomic E-state index is 5.06. The smallest absolute Gasteiger partial charge is 0.209 e. The van der Waals surface area contributed by atoms with Gasteiger partial charge in [0.2, 0.25) is 5.13 Å². The number of hydrogen-bond acceptors (Lipinski definition) is 4. The highest BCUT2D eigenvalue weighted by atomic mass is 32.1. The van der Waals surface area contributed by atoms with Gasteiger partial charge >= 0.3 is 0 Å². The van der Waals surface area contributed by atoms with Crippen LogP contribution in [0.15, 0.2) is 39.4 Å². The molecule has 0 spiro atoms. The van der Waals surface area contributed by atoms with E-state index >= 15 is 0 Å². The summed E-state index contributed by atoms with van der Waals surface area (Å²) < 4.78 is 5.06. The molecular formula is C8H6N2OS. The lowest BCUT2D eigenvalue weighted by Crippen LogP contribution is -1.71. The van der Waals surface area contributed by atoms with E-state index in [1.54, 1.807) is 18.7 Å². The third-order valence-electron chi connectivity index (χ3n) is 1.26. The highest BCUT2D eigenvalue weighted by Gasteiger charge is 1.90. The Hall–Kier alpha value is -1.42. The topological polar surface area (TPSA) is 38.4 Å². The van der Waals surface area contributed by atoms with Gasteiger partial charge in [-0.2, -0.15) is 0 Å². The molecule has 0 aromatic carbocycles. The van der Waals surface area contributed by atoms with Crippen molar-refractivity contribution in [2.24, 2.45) is 4.99 Å². The van der Waals surface area contributed by atoms with E-state index in [1.807, 2.05) is 17.5 Å². The van der Waals surface area contributed by atoms with Crippen LogP contribution in [0.1, 0.15) is 5.76 Å². The van der Waals surface area contributed by atoms with Gasteiger partial charge in [-0.3, -0.25) is 0 Å². The van der Waals surface area contributed by atoms with Gasteiger partial charge < -0.3 is 4.42 Å². The Bertz CT molecular complexity index is 314.